The summed E-state index contributed by atoms with van der Waals surface area (Å²) in [6, 6.07) is 102. The van der Waals surface area contributed by atoms with E-state index in [-0.39, 0.29) is 0 Å². The minimum atomic E-state index is -0.461. The SMILES string of the molecule is c1ccc(-c2cc(-c3ccccc3)cc(N(c3ccccc3)c3ccccc3-c3ccc4c5ccccc5n(-c5ccc6c(c5)-c5ccccc5C6(c5ccccc5)c5ccccc5)c4c3)c2)cc1. The maximum absolute atomic E-state index is 2.48. The Morgan fingerprint density at radius 1 is 0.290 bits per heavy atom. The van der Waals surface area contributed by atoms with Gasteiger partial charge in [-0.1, -0.05) is 218 Å². The van der Waals surface area contributed by atoms with Crippen molar-refractivity contribution in [2.45, 2.75) is 5.41 Å². The van der Waals surface area contributed by atoms with Crippen molar-refractivity contribution in [3.63, 3.8) is 0 Å². The van der Waals surface area contributed by atoms with Gasteiger partial charge in [-0.2, -0.15) is 0 Å². The van der Waals surface area contributed by atoms with Gasteiger partial charge < -0.3 is 9.47 Å². The van der Waals surface area contributed by atoms with Crippen molar-refractivity contribution in [1.82, 2.24) is 4.57 Å². The molecule has 0 saturated carbocycles. The van der Waals surface area contributed by atoms with Gasteiger partial charge in [0.1, 0.15) is 0 Å². The quantitative estimate of drug-likeness (QED) is 0.140. The van der Waals surface area contributed by atoms with Crippen molar-refractivity contribution in [3.05, 3.63) is 301 Å². The fraction of sp³-hybridized carbons (Fsp3) is 0.0149. The molecule has 13 rings (SSSR count). The summed E-state index contributed by atoms with van der Waals surface area (Å²) < 4.78 is 2.48. The van der Waals surface area contributed by atoms with Crippen molar-refractivity contribution in [1.29, 1.82) is 0 Å². The van der Waals surface area contributed by atoms with E-state index in [2.05, 4.69) is 289 Å². The molecule has 1 aromatic heterocycles. The number of benzene rings is 11. The Bertz CT molecular complexity index is 3720. The third kappa shape index (κ3) is 6.64. The Kier molecular flexibility index (Phi) is 9.77. The van der Waals surface area contributed by atoms with Gasteiger partial charge in [-0.3, -0.25) is 0 Å². The zero-order valence-electron chi connectivity index (χ0n) is 38.0. The van der Waals surface area contributed by atoms with E-state index in [1.54, 1.807) is 0 Å². The minimum absolute atomic E-state index is 0.461. The van der Waals surface area contributed by atoms with E-state index in [1.165, 1.54) is 60.8 Å². The first-order valence-electron chi connectivity index (χ1n) is 23.8. The molecule has 12 aromatic rings. The second-order valence-electron chi connectivity index (χ2n) is 18.0. The van der Waals surface area contributed by atoms with Gasteiger partial charge in [0.25, 0.3) is 0 Å². The monoisotopic (exact) mass is 878 g/mol. The molecule has 69 heavy (non-hydrogen) atoms. The molecule has 0 spiro atoms. The Labute approximate surface area is 403 Å². The summed E-state index contributed by atoms with van der Waals surface area (Å²) in [6.07, 6.45) is 0. The molecule has 1 heterocycles. The third-order valence-corrected chi connectivity index (χ3v) is 14.2. The summed E-state index contributed by atoms with van der Waals surface area (Å²) in [6.45, 7) is 0. The van der Waals surface area contributed by atoms with Gasteiger partial charge >= 0.3 is 0 Å². The predicted molar refractivity (Wildman–Crippen MR) is 289 cm³/mol. The molecule has 0 bridgehead atoms. The molecule has 1 aliphatic rings. The standard InChI is InChI=1S/C67H46N2/c1-6-22-47(23-7-1)50-42-51(48-24-8-2-9-25-48)44-56(43-50)68(54-30-14-5-15-31-54)64-36-20-17-32-57(64)49-38-40-60-59-34-18-21-37-65(59)69(66(60)45-49)55-39-41-63-61(46-55)58-33-16-19-35-62(58)67(63,52-26-10-3-11-27-52)53-28-12-4-13-29-53/h1-46H. The van der Waals surface area contributed by atoms with Crippen molar-refractivity contribution in [2.75, 3.05) is 4.90 Å². The molecule has 0 amide bonds. The van der Waals surface area contributed by atoms with Crippen LogP contribution in [0.15, 0.2) is 279 Å². The van der Waals surface area contributed by atoms with E-state index >= 15 is 0 Å². The van der Waals surface area contributed by atoms with Crippen molar-refractivity contribution in [2.24, 2.45) is 0 Å². The van der Waals surface area contributed by atoms with E-state index in [4.69, 9.17) is 0 Å². The Morgan fingerprint density at radius 2 is 0.812 bits per heavy atom. The lowest BCUT2D eigenvalue weighted by atomic mass is 9.68. The van der Waals surface area contributed by atoms with Crippen LogP contribution in [-0.4, -0.2) is 4.57 Å². The average Bonchev–Trinajstić information content (AvgIpc) is 3.92. The van der Waals surface area contributed by atoms with Crippen LogP contribution in [0.3, 0.4) is 0 Å². The van der Waals surface area contributed by atoms with Crippen LogP contribution in [-0.2, 0) is 5.41 Å². The van der Waals surface area contributed by atoms with Gasteiger partial charge in [0.15, 0.2) is 0 Å². The number of aromatic nitrogens is 1. The molecule has 0 atom stereocenters. The van der Waals surface area contributed by atoms with Gasteiger partial charge in [0.05, 0.1) is 22.1 Å². The molecule has 0 N–H and O–H groups in total. The zero-order valence-corrected chi connectivity index (χ0v) is 38.0. The van der Waals surface area contributed by atoms with Gasteiger partial charge in [-0.05, 0) is 122 Å². The van der Waals surface area contributed by atoms with Crippen LogP contribution in [0.25, 0.3) is 72.0 Å². The fourth-order valence-corrected chi connectivity index (χ4v) is 11.2. The lowest BCUT2D eigenvalue weighted by molar-refractivity contribution is 0.768. The largest absolute Gasteiger partial charge is 0.310 e. The van der Waals surface area contributed by atoms with Gasteiger partial charge in [0, 0.05) is 33.4 Å². The molecule has 324 valence electrons. The molecular weight excluding hydrogens is 833 g/mol. The van der Waals surface area contributed by atoms with Gasteiger partial charge in [-0.15, -0.1) is 0 Å². The maximum atomic E-state index is 2.48. The van der Waals surface area contributed by atoms with Crippen molar-refractivity contribution >= 4 is 38.9 Å². The van der Waals surface area contributed by atoms with Gasteiger partial charge in [0.2, 0.25) is 0 Å². The first-order chi connectivity index (χ1) is 34.2. The summed E-state index contributed by atoms with van der Waals surface area (Å²) in [5, 5.41) is 2.45. The number of hydrogen-bond acceptors (Lipinski definition) is 1. The normalized spacial score (nSPS) is 12.5. The highest BCUT2D eigenvalue weighted by Crippen LogP contribution is 2.56. The summed E-state index contributed by atoms with van der Waals surface area (Å²) in [7, 11) is 0. The average molecular weight is 879 g/mol. The van der Waals surface area contributed by atoms with Crippen LogP contribution < -0.4 is 4.90 Å². The number of para-hydroxylation sites is 3. The zero-order chi connectivity index (χ0) is 45.7. The number of fused-ring (bicyclic) bond motifs is 6. The Balaban J connectivity index is 1.01. The maximum Gasteiger partial charge on any atom is 0.0713 e. The summed E-state index contributed by atoms with van der Waals surface area (Å²) in [4.78, 5) is 2.43. The molecule has 0 aliphatic heterocycles. The number of hydrogen-bond donors (Lipinski definition) is 0. The molecule has 11 aromatic carbocycles. The summed E-state index contributed by atoms with van der Waals surface area (Å²) in [5.74, 6) is 0. The Morgan fingerprint density at radius 3 is 1.48 bits per heavy atom. The molecule has 0 radical (unpaired) electrons. The fourth-order valence-electron chi connectivity index (χ4n) is 11.2. The topological polar surface area (TPSA) is 8.17 Å². The van der Waals surface area contributed by atoms with E-state index < -0.39 is 5.41 Å². The second kappa shape index (κ2) is 16.7. The second-order valence-corrected chi connectivity index (χ2v) is 18.0. The number of nitrogens with zero attached hydrogens (tertiary/aromatic N) is 2. The van der Waals surface area contributed by atoms with Crippen LogP contribution in [0.1, 0.15) is 22.3 Å². The van der Waals surface area contributed by atoms with Crippen molar-refractivity contribution < 1.29 is 0 Å². The molecule has 0 fully saturated rings. The summed E-state index contributed by atoms with van der Waals surface area (Å²) in [5.41, 5.74) is 20.9. The van der Waals surface area contributed by atoms with E-state index in [1.807, 2.05) is 0 Å². The number of anilines is 3. The number of rotatable bonds is 9. The predicted octanol–water partition coefficient (Wildman–Crippen LogP) is 17.6. The van der Waals surface area contributed by atoms with Crippen LogP contribution in [0, 0.1) is 0 Å². The highest BCUT2D eigenvalue weighted by molar-refractivity contribution is 6.11. The van der Waals surface area contributed by atoms with Gasteiger partial charge in [-0.25, -0.2) is 0 Å². The van der Waals surface area contributed by atoms with Crippen LogP contribution in [0.2, 0.25) is 0 Å². The minimum Gasteiger partial charge on any atom is -0.310 e. The molecule has 0 saturated heterocycles. The molecule has 0 unspecified atom stereocenters. The first-order valence-corrected chi connectivity index (χ1v) is 23.8. The van der Waals surface area contributed by atoms with Crippen LogP contribution in [0.5, 0.6) is 0 Å². The highest BCUT2D eigenvalue weighted by atomic mass is 15.1. The van der Waals surface area contributed by atoms with Crippen LogP contribution in [0.4, 0.5) is 17.1 Å². The van der Waals surface area contributed by atoms with E-state index in [0.717, 1.165) is 50.5 Å². The molecule has 2 nitrogen and oxygen atoms in total. The molecule has 1 aliphatic carbocycles. The smallest absolute Gasteiger partial charge is 0.0713 e. The van der Waals surface area contributed by atoms with E-state index in [0.29, 0.717) is 0 Å². The third-order valence-electron chi connectivity index (χ3n) is 14.2. The molecule has 2 heteroatoms. The summed E-state index contributed by atoms with van der Waals surface area (Å²) >= 11 is 0. The molecular formula is C67H46N2. The van der Waals surface area contributed by atoms with E-state index in [9.17, 15) is 0 Å². The first kappa shape index (κ1) is 40.3. The lowest BCUT2D eigenvalue weighted by Gasteiger charge is -2.33. The van der Waals surface area contributed by atoms with Crippen molar-refractivity contribution in [3.8, 4) is 50.2 Å². The van der Waals surface area contributed by atoms with Crippen LogP contribution >= 0.6 is 0 Å². The lowest BCUT2D eigenvalue weighted by Crippen LogP contribution is -2.28. The Hall–Kier alpha value is -8.98. The highest BCUT2D eigenvalue weighted by Gasteiger charge is 2.46.